The van der Waals surface area contributed by atoms with Crippen LogP contribution in [-0.2, 0) is 0 Å². The van der Waals surface area contributed by atoms with Crippen LogP contribution in [0.15, 0.2) is 53.1 Å². The van der Waals surface area contributed by atoms with E-state index in [1.165, 1.54) is 0 Å². The maximum Gasteiger partial charge on any atom is 0.146 e. The number of ether oxygens (including phenoxy) is 1. The molecule has 0 bridgehead atoms. The van der Waals surface area contributed by atoms with Gasteiger partial charge in [-0.3, -0.25) is 0 Å². The van der Waals surface area contributed by atoms with Gasteiger partial charge in [0.25, 0.3) is 0 Å². The third kappa shape index (κ3) is 5.57. The minimum absolute atomic E-state index is 0.597. The Morgan fingerprint density at radius 1 is 0.931 bits per heavy atom. The molecule has 3 rings (SSSR count). The highest BCUT2D eigenvalue weighted by Gasteiger charge is 2.11. The fraction of sp³-hybridized carbons (Fsp3) is 0.174. The Morgan fingerprint density at radius 3 is 2.07 bits per heavy atom. The van der Waals surface area contributed by atoms with E-state index < -0.39 is 0 Å². The Hall–Kier alpha value is -3.35. The van der Waals surface area contributed by atoms with E-state index in [0.29, 0.717) is 28.4 Å². The lowest BCUT2D eigenvalue weighted by atomic mass is 10.1. The van der Waals surface area contributed by atoms with Crippen molar-refractivity contribution in [2.24, 2.45) is 0 Å². The molecule has 3 aromatic rings. The van der Waals surface area contributed by atoms with Crippen molar-refractivity contribution in [2.45, 2.75) is 27.7 Å². The molecule has 0 saturated carbocycles. The molecule has 1 heterocycles. The molecule has 0 radical (unpaired) electrons. The van der Waals surface area contributed by atoms with Crippen molar-refractivity contribution in [1.82, 2.24) is 4.98 Å². The van der Waals surface area contributed by atoms with Gasteiger partial charge in [0.2, 0.25) is 0 Å². The first-order chi connectivity index (χ1) is 14.0. The number of pyridine rings is 1. The zero-order valence-corrected chi connectivity index (χ0v) is 18.3. The number of anilines is 2. The first-order valence-corrected chi connectivity index (χ1v) is 9.91. The van der Waals surface area contributed by atoms with Crippen LogP contribution in [-0.4, -0.2) is 4.98 Å². The number of hydrogen-bond donors (Lipinski definition) is 1. The lowest BCUT2D eigenvalue weighted by molar-refractivity contribution is 0.471. The third-order valence-corrected chi connectivity index (χ3v) is 4.50. The summed E-state index contributed by atoms with van der Waals surface area (Å²) in [6, 6.07) is 16.7. The van der Waals surface area contributed by atoms with Crippen LogP contribution in [0.25, 0.3) is 0 Å². The molecule has 1 N–H and O–H groups in total. The van der Waals surface area contributed by atoms with Crippen LogP contribution in [0.5, 0.6) is 11.5 Å². The van der Waals surface area contributed by atoms with Gasteiger partial charge in [-0.1, -0.05) is 13.8 Å². The third-order valence-electron chi connectivity index (χ3n) is 3.91. The number of aromatic nitrogens is 1. The minimum atomic E-state index is 0.597. The van der Waals surface area contributed by atoms with Gasteiger partial charge in [-0.25, -0.2) is 4.98 Å². The van der Waals surface area contributed by atoms with Gasteiger partial charge in [0, 0.05) is 18.0 Å². The van der Waals surface area contributed by atoms with E-state index in [4.69, 9.17) is 15.3 Å². The second kappa shape index (κ2) is 10.3. The molecule has 146 valence electrons. The van der Waals surface area contributed by atoms with Crippen molar-refractivity contribution in [3.05, 3.63) is 75.4 Å². The molecule has 0 aliphatic rings. The smallest absolute Gasteiger partial charge is 0.146 e. The summed E-state index contributed by atoms with van der Waals surface area (Å²) in [5, 5.41) is 21.2. The van der Waals surface area contributed by atoms with Gasteiger partial charge < -0.3 is 10.1 Å². The van der Waals surface area contributed by atoms with Gasteiger partial charge >= 0.3 is 0 Å². The molecule has 0 atom stereocenters. The monoisotopic (exact) mass is 448 g/mol. The first kappa shape index (κ1) is 21.9. The molecule has 0 fully saturated rings. The first-order valence-electron chi connectivity index (χ1n) is 9.12. The molecule has 6 heteroatoms. The van der Waals surface area contributed by atoms with E-state index in [2.05, 4.69) is 38.4 Å². The largest absolute Gasteiger partial charge is 0.455 e. The van der Waals surface area contributed by atoms with Crippen LogP contribution in [0.1, 0.15) is 36.1 Å². The summed E-state index contributed by atoms with van der Waals surface area (Å²) in [7, 11) is 0. The molecule has 29 heavy (non-hydrogen) atoms. The number of nitrogens with one attached hydrogen (secondary N) is 1. The van der Waals surface area contributed by atoms with Crippen molar-refractivity contribution in [2.75, 3.05) is 5.32 Å². The molecule has 5 nitrogen and oxygen atoms in total. The fourth-order valence-corrected chi connectivity index (χ4v) is 2.93. The Morgan fingerprint density at radius 2 is 1.52 bits per heavy atom. The van der Waals surface area contributed by atoms with Crippen molar-refractivity contribution in [3.8, 4) is 23.6 Å². The SMILES string of the molecule is CC.Cc1cc(C#N)cc(C)c1Oc1cc(Nc2ccc(C#N)cc2)ncc1Br. The molecule has 0 unspecified atom stereocenters. The quantitative estimate of drug-likeness (QED) is 0.476. The van der Waals surface area contributed by atoms with E-state index in [1.807, 2.05) is 39.8 Å². The minimum Gasteiger partial charge on any atom is -0.455 e. The second-order valence-corrected chi connectivity index (χ2v) is 6.82. The molecular weight excluding hydrogens is 428 g/mol. The molecule has 0 aliphatic carbocycles. The van der Waals surface area contributed by atoms with Gasteiger partial charge in [0.15, 0.2) is 0 Å². The van der Waals surface area contributed by atoms with Crippen LogP contribution in [0.2, 0.25) is 0 Å². The predicted molar refractivity (Wildman–Crippen MR) is 118 cm³/mol. The van der Waals surface area contributed by atoms with Crippen LogP contribution in [0, 0.1) is 36.5 Å². The lowest BCUT2D eigenvalue weighted by Crippen LogP contribution is -1.97. The number of benzene rings is 2. The van der Waals surface area contributed by atoms with E-state index in [1.54, 1.807) is 36.5 Å². The highest BCUT2D eigenvalue weighted by atomic mass is 79.9. The van der Waals surface area contributed by atoms with Crippen molar-refractivity contribution in [3.63, 3.8) is 0 Å². The van der Waals surface area contributed by atoms with Gasteiger partial charge in [0.1, 0.15) is 17.3 Å². The molecule has 1 aromatic heterocycles. The number of nitrogens with zero attached hydrogens (tertiary/aromatic N) is 3. The van der Waals surface area contributed by atoms with Crippen LogP contribution >= 0.6 is 15.9 Å². The van der Waals surface area contributed by atoms with Crippen LogP contribution < -0.4 is 10.1 Å². The Balaban J connectivity index is 0.00000145. The summed E-state index contributed by atoms with van der Waals surface area (Å²) < 4.78 is 6.82. The van der Waals surface area contributed by atoms with Crippen molar-refractivity contribution >= 4 is 27.4 Å². The zero-order chi connectivity index (χ0) is 21.4. The maximum absolute atomic E-state index is 9.09. The number of halogens is 1. The van der Waals surface area contributed by atoms with Crippen molar-refractivity contribution < 1.29 is 4.74 Å². The molecule has 0 spiro atoms. The summed E-state index contributed by atoms with van der Waals surface area (Å²) in [6.45, 7) is 7.82. The Bertz CT molecular complexity index is 1060. The van der Waals surface area contributed by atoms with Crippen LogP contribution in [0.4, 0.5) is 11.5 Å². The molecular formula is C23H21BrN4O. The maximum atomic E-state index is 9.09. The van der Waals surface area contributed by atoms with Gasteiger partial charge in [-0.2, -0.15) is 10.5 Å². The average Bonchev–Trinajstić information content (AvgIpc) is 2.74. The average molecular weight is 449 g/mol. The second-order valence-electron chi connectivity index (χ2n) is 5.97. The van der Waals surface area contributed by atoms with Gasteiger partial charge in [-0.05, 0) is 77.3 Å². The van der Waals surface area contributed by atoms with Gasteiger partial charge in [-0.15, -0.1) is 0 Å². The number of rotatable bonds is 4. The summed E-state index contributed by atoms with van der Waals surface area (Å²) in [5.74, 6) is 1.93. The number of hydrogen-bond acceptors (Lipinski definition) is 5. The van der Waals surface area contributed by atoms with Crippen LogP contribution in [0.3, 0.4) is 0 Å². The summed E-state index contributed by atoms with van der Waals surface area (Å²) >= 11 is 3.47. The normalized spacial score (nSPS) is 9.48. The summed E-state index contributed by atoms with van der Waals surface area (Å²) in [6.07, 6.45) is 1.66. The van der Waals surface area contributed by atoms with E-state index in [0.717, 1.165) is 21.3 Å². The highest BCUT2D eigenvalue weighted by molar-refractivity contribution is 9.10. The number of nitriles is 2. The van der Waals surface area contributed by atoms with E-state index >= 15 is 0 Å². The number of aryl methyl sites for hydroxylation is 2. The van der Waals surface area contributed by atoms with Gasteiger partial charge in [0.05, 0.1) is 27.7 Å². The molecule has 2 aromatic carbocycles. The summed E-state index contributed by atoms with van der Waals surface area (Å²) in [4.78, 5) is 4.34. The lowest BCUT2D eigenvalue weighted by Gasteiger charge is -2.14. The zero-order valence-electron chi connectivity index (χ0n) is 16.7. The van der Waals surface area contributed by atoms with E-state index in [-0.39, 0.29) is 0 Å². The predicted octanol–water partition coefficient (Wildman–Crippen LogP) is 6.77. The highest BCUT2D eigenvalue weighted by Crippen LogP contribution is 2.35. The van der Waals surface area contributed by atoms with E-state index in [9.17, 15) is 0 Å². The van der Waals surface area contributed by atoms with Crippen molar-refractivity contribution in [1.29, 1.82) is 10.5 Å². The molecule has 0 amide bonds. The molecule has 0 aliphatic heterocycles. The summed E-state index contributed by atoms with van der Waals surface area (Å²) in [5.41, 5.74) is 3.80. The Kier molecular flexibility index (Phi) is 7.77. The topological polar surface area (TPSA) is 81.7 Å². The molecule has 0 saturated heterocycles. The standard InChI is InChI=1S/C21H15BrN4O.C2H6/c1-13-7-16(11-24)8-14(2)21(13)27-19-9-20(25-12-18(19)22)26-17-5-3-15(10-23)4-6-17;1-2/h3-9,12H,1-2H3,(H,25,26);1-2H3. The fourth-order valence-electron chi connectivity index (χ4n) is 2.63. The Labute approximate surface area is 179 Å².